The summed E-state index contributed by atoms with van der Waals surface area (Å²) in [4.78, 5) is 7.18. The molecule has 0 aliphatic rings. The predicted octanol–water partition coefficient (Wildman–Crippen LogP) is 3.40. The highest BCUT2D eigenvalue weighted by Gasteiger charge is 2.14. The van der Waals surface area contributed by atoms with Crippen LogP contribution in [0.1, 0.15) is 17.4 Å². The summed E-state index contributed by atoms with van der Waals surface area (Å²) >= 11 is 0. The standard InChI is InChI=1S/C16H13F2N3/c17-11-6-7-12(13(18)8-11)14-9-20-16(21-14)15(19)10-4-2-1-3-5-10/h1-9,15H,19H2,(H,20,21). The van der Waals surface area contributed by atoms with E-state index in [1.54, 1.807) is 0 Å². The maximum absolute atomic E-state index is 13.8. The van der Waals surface area contributed by atoms with Crippen LogP contribution in [0, 0.1) is 11.6 Å². The number of H-pyrrole nitrogens is 1. The van der Waals surface area contributed by atoms with Crippen molar-refractivity contribution >= 4 is 0 Å². The van der Waals surface area contributed by atoms with Gasteiger partial charge in [-0.05, 0) is 17.7 Å². The van der Waals surface area contributed by atoms with Crippen LogP contribution in [0.25, 0.3) is 11.3 Å². The van der Waals surface area contributed by atoms with Crippen molar-refractivity contribution in [2.75, 3.05) is 0 Å². The van der Waals surface area contributed by atoms with E-state index in [-0.39, 0.29) is 5.56 Å². The van der Waals surface area contributed by atoms with Gasteiger partial charge in [-0.2, -0.15) is 0 Å². The van der Waals surface area contributed by atoms with E-state index in [0.29, 0.717) is 11.5 Å². The van der Waals surface area contributed by atoms with Crippen LogP contribution in [0.5, 0.6) is 0 Å². The molecule has 3 nitrogen and oxygen atoms in total. The monoisotopic (exact) mass is 285 g/mol. The number of imidazole rings is 1. The third-order valence-corrected chi connectivity index (χ3v) is 3.27. The van der Waals surface area contributed by atoms with Gasteiger partial charge in [-0.25, -0.2) is 13.8 Å². The number of halogens is 2. The van der Waals surface area contributed by atoms with Crippen molar-refractivity contribution in [3.8, 4) is 11.3 Å². The van der Waals surface area contributed by atoms with Crippen molar-refractivity contribution in [2.24, 2.45) is 5.73 Å². The Morgan fingerprint density at radius 3 is 2.52 bits per heavy atom. The van der Waals surface area contributed by atoms with Crippen molar-refractivity contribution in [1.29, 1.82) is 0 Å². The Labute approximate surface area is 120 Å². The molecule has 1 aromatic heterocycles. The molecule has 3 N–H and O–H groups in total. The van der Waals surface area contributed by atoms with Crippen LogP contribution in [0.2, 0.25) is 0 Å². The highest BCUT2D eigenvalue weighted by Crippen LogP contribution is 2.24. The van der Waals surface area contributed by atoms with Crippen LogP contribution in [0.4, 0.5) is 8.78 Å². The molecule has 0 spiro atoms. The maximum atomic E-state index is 13.8. The van der Waals surface area contributed by atoms with Crippen molar-refractivity contribution in [3.05, 3.63) is 77.8 Å². The van der Waals surface area contributed by atoms with Crippen molar-refractivity contribution in [3.63, 3.8) is 0 Å². The predicted molar refractivity (Wildman–Crippen MR) is 76.4 cm³/mol. The van der Waals surface area contributed by atoms with Gasteiger partial charge in [-0.15, -0.1) is 0 Å². The van der Waals surface area contributed by atoms with Gasteiger partial charge >= 0.3 is 0 Å². The van der Waals surface area contributed by atoms with Crippen LogP contribution in [0.15, 0.2) is 54.7 Å². The Kier molecular flexibility index (Phi) is 3.50. The third-order valence-electron chi connectivity index (χ3n) is 3.27. The normalized spacial score (nSPS) is 12.3. The zero-order chi connectivity index (χ0) is 14.8. The first-order valence-electron chi connectivity index (χ1n) is 6.46. The fourth-order valence-corrected chi connectivity index (χ4v) is 2.16. The average molecular weight is 285 g/mol. The first-order chi connectivity index (χ1) is 10.1. The molecule has 0 aliphatic heterocycles. The largest absolute Gasteiger partial charge is 0.340 e. The summed E-state index contributed by atoms with van der Waals surface area (Å²) in [5, 5.41) is 0. The quantitative estimate of drug-likeness (QED) is 0.775. The van der Waals surface area contributed by atoms with Crippen LogP contribution < -0.4 is 5.73 Å². The van der Waals surface area contributed by atoms with Gasteiger partial charge < -0.3 is 10.7 Å². The van der Waals surface area contributed by atoms with Gasteiger partial charge in [0.1, 0.15) is 17.5 Å². The van der Waals surface area contributed by atoms with Gasteiger partial charge in [-0.1, -0.05) is 30.3 Å². The molecule has 5 heteroatoms. The van der Waals surface area contributed by atoms with Gasteiger partial charge in [0, 0.05) is 11.6 Å². The summed E-state index contributed by atoms with van der Waals surface area (Å²) in [5.74, 6) is -0.726. The fraction of sp³-hybridized carbons (Fsp3) is 0.0625. The van der Waals surface area contributed by atoms with Crippen LogP contribution >= 0.6 is 0 Å². The van der Waals surface area contributed by atoms with E-state index < -0.39 is 17.7 Å². The molecular formula is C16H13F2N3. The lowest BCUT2D eigenvalue weighted by Gasteiger charge is -2.08. The van der Waals surface area contributed by atoms with Crippen LogP contribution in [-0.2, 0) is 0 Å². The number of aromatic nitrogens is 2. The number of hydrogen-bond donors (Lipinski definition) is 2. The maximum Gasteiger partial charge on any atom is 0.135 e. The molecule has 0 bridgehead atoms. The molecule has 1 atom stereocenters. The lowest BCUT2D eigenvalue weighted by atomic mass is 10.1. The number of nitrogens with zero attached hydrogens (tertiary/aromatic N) is 1. The Hall–Kier alpha value is -2.53. The minimum Gasteiger partial charge on any atom is -0.340 e. The highest BCUT2D eigenvalue weighted by atomic mass is 19.1. The Bertz CT molecular complexity index is 753. The summed E-state index contributed by atoms with van der Waals surface area (Å²) in [7, 11) is 0. The van der Waals surface area contributed by atoms with Crippen molar-refractivity contribution in [2.45, 2.75) is 6.04 Å². The topological polar surface area (TPSA) is 54.7 Å². The van der Waals surface area contributed by atoms with E-state index in [0.717, 1.165) is 11.6 Å². The molecule has 0 saturated carbocycles. The molecule has 1 heterocycles. The molecule has 0 saturated heterocycles. The van der Waals surface area contributed by atoms with Crippen molar-refractivity contribution in [1.82, 2.24) is 9.97 Å². The van der Waals surface area contributed by atoms with E-state index in [1.807, 2.05) is 30.3 Å². The van der Waals surface area contributed by atoms with Gasteiger partial charge in [0.15, 0.2) is 0 Å². The first kappa shape index (κ1) is 13.5. The van der Waals surface area contributed by atoms with E-state index in [2.05, 4.69) is 9.97 Å². The van der Waals surface area contributed by atoms with Crippen LogP contribution in [0.3, 0.4) is 0 Å². The number of aromatic amines is 1. The zero-order valence-electron chi connectivity index (χ0n) is 11.1. The van der Waals surface area contributed by atoms with E-state index in [9.17, 15) is 8.78 Å². The SMILES string of the molecule is NC(c1ccccc1)c1ncc(-c2ccc(F)cc2F)[nH]1. The molecule has 0 radical (unpaired) electrons. The molecule has 0 aliphatic carbocycles. The van der Waals surface area contributed by atoms with Gasteiger partial charge in [0.25, 0.3) is 0 Å². The van der Waals surface area contributed by atoms with Gasteiger partial charge in [-0.3, -0.25) is 0 Å². The Morgan fingerprint density at radius 2 is 1.81 bits per heavy atom. The third kappa shape index (κ3) is 2.68. The Morgan fingerprint density at radius 1 is 1.05 bits per heavy atom. The summed E-state index contributed by atoms with van der Waals surface area (Å²) in [6.07, 6.45) is 1.49. The highest BCUT2D eigenvalue weighted by molar-refractivity contribution is 5.59. The first-order valence-corrected chi connectivity index (χ1v) is 6.46. The average Bonchev–Trinajstić information content (AvgIpc) is 2.97. The molecule has 1 unspecified atom stereocenters. The zero-order valence-corrected chi connectivity index (χ0v) is 11.1. The number of nitrogens with two attached hydrogens (primary N) is 1. The summed E-state index contributed by atoms with van der Waals surface area (Å²) in [6.45, 7) is 0. The summed E-state index contributed by atoms with van der Waals surface area (Å²) in [5.41, 5.74) is 7.75. The molecule has 3 rings (SSSR count). The molecule has 0 amide bonds. The van der Waals surface area contributed by atoms with Crippen molar-refractivity contribution < 1.29 is 8.78 Å². The lowest BCUT2D eigenvalue weighted by Crippen LogP contribution is -2.13. The fourth-order valence-electron chi connectivity index (χ4n) is 2.16. The van der Waals surface area contributed by atoms with E-state index >= 15 is 0 Å². The minimum absolute atomic E-state index is 0.260. The molecule has 106 valence electrons. The lowest BCUT2D eigenvalue weighted by molar-refractivity contribution is 0.585. The van der Waals surface area contributed by atoms with Gasteiger partial charge in [0.2, 0.25) is 0 Å². The summed E-state index contributed by atoms with van der Waals surface area (Å²) in [6, 6.07) is 12.5. The second-order valence-corrected chi connectivity index (χ2v) is 4.69. The molecule has 2 aromatic carbocycles. The molecule has 21 heavy (non-hydrogen) atoms. The minimum atomic E-state index is -0.640. The second kappa shape index (κ2) is 5.46. The number of nitrogens with one attached hydrogen (secondary N) is 1. The number of hydrogen-bond acceptors (Lipinski definition) is 2. The van der Waals surface area contributed by atoms with E-state index in [1.165, 1.54) is 18.3 Å². The molecule has 0 fully saturated rings. The second-order valence-electron chi connectivity index (χ2n) is 4.69. The Balaban J connectivity index is 1.93. The number of rotatable bonds is 3. The summed E-state index contributed by atoms with van der Waals surface area (Å²) < 4.78 is 26.7. The van der Waals surface area contributed by atoms with Crippen LogP contribution in [-0.4, -0.2) is 9.97 Å². The smallest absolute Gasteiger partial charge is 0.135 e. The number of benzene rings is 2. The van der Waals surface area contributed by atoms with Gasteiger partial charge in [0.05, 0.1) is 17.9 Å². The molecular weight excluding hydrogens is 272 g/mol. The molecule has 3 aromatic rings. The van der Waals surface area contributed by atoms with E-state index in [4.69, 9.17) is 5.73 Å².